The molecule has 1 saturated heterocycles. The molecule has 3 heterocycles. The van der Waals surface area contributed by atoms with E-state index in [0.29, 0.717) is 43.4 Å². The van der Waals surface area contributed by atoms with Crippen LogP contribution < -0.4 is 15.4 Å². The monoisotopic (exact) mass is 473 g/mol. The average Bonchev–Trinajstić information content (AvgIpc) is 3.28. The first-order valence-corrected chi connectivity index (χ1v) is 10.7. The van der Waals surface area contributed by atoms with Crippen LogP contribution in [-0.4, -0.2) is 64.0 Å². The summed E-state index contributed by atoms with van der Waals surface area (Å²) in [4.78, 5) is 22.8. The summed E-state index contributed by atoms with van der Waals surface area (Å²) in [6, 6.07) is 2.39. The summed E-state index contributed by atoms with van der Waals surface area (Å²) in [7, 11) is 1.32. The fourth-order valence-corrected chi connectivity index (χ4v) is 3.44. The van der Waals surface area contributed by atoms with Gasteiger partial charge in [0, 0.05) is 43.2 Å². The number of carbonyl (C=O) groups is 1. The smallest absolute Gasteiger partial charge is 0.244 e. The maximum Gasteiger partial charge on any atom is 0.244 e. The lowest BCUT2D eigenvalue weighted by atomic mass is 10.1. The van der Waals surface area contributed by atoms with Gasteiger partial charge in [-0.15, -0.1) is 0 Å². The van der Waals surface area contributed by atoms with Gasteiger partial charge in [0.2, 0.25) is 11.9 Å². The molecule has 2 N–H and O–H groups in total. The molecule has 34 heavy (non-hydrogen) atoms. The Kier molecular flexibility index (Phi) is 7.16. The number of benzene rings is 1. The highest BCUT2D eigenvalue weighted by atomic mass is 19.1. The van der Waals surface area contributed by atoms with Crippen LogP contribution in [0.1, 0.15) is 11.1 Å². The van der Waals surface area contributed by atoms with Crippen molar-refractivity contribution >= 4 is 23.4 Å². The van der Waals surface area contributed by atoms with Crippen molar-refractivity contribution in [1.29, 1.82) is 0 Å². The molecule has 0 radical (unpaired) electrons. The lowest BCUT2D eigenvalue weighted by Gasteiger charge is -2.26. The number of hydrogen-bond donors (Lipinski definition) is 2. The first kappa shape index (κ1) is 23.4. The molecule has 12 heteroatoms. The molecule has 1 fully saturated rings. The lowest BCUT2D eigenvalue weighted by molar-refractivity contribution is -0.136. The molecule has 0 saturated carbocycles. The fraction of sp³-hybridized carbons (Fsp3) is 0.364. The van der Waals surface area contributed by atoms with Gasteiger partial charge in [0.25, 0.3) is 0 Å². The van der Waals surface area contributed by atoms with Crippen molar-refractivity contribution in [3.05, 3.63) is 53.5 Å². The minimum atomic E-state index is -0.765. The molecule has 0 spiro atoms. The standard InChI is InChI=1S/C22H25F2N7O3/c1-14-9-26-22(29-21(14)25-11-16-17(23)3-4-18(33-2)20(16)24)28-15-10-27-31(12-15)13-19(32)30-5-7-34-8-6-30/h3-4,9-10,12H,5-8,11,13H2,1-2H3,(H2,25,26,28,29). The molecular formula is C22H25F2N7O3. The van der Waals surface area contributed by atoms with Crippen LogP contribution in [0.4, 0.5) is 26.2 Å². The summed E-state index contributed by atoms with van der Waals surface area (Å²) in [5.41, 5.74) is 1.13. The van der Waals surface area contributed by atoms with Crippen LogP contribution in [0.3, 0.4) is 0 Å². The number of nitrogens with one attached hydrogen (secondary N) is 2. The van der Waals surface area contributed by atoms with Crippen molar-refractivity contribution in [3.63, 3.8) is 0 Å². The second-order valence-corrected chi connectivity index (χ2v) is 7.67. The van der Waals surface area contributed by atoms with Gasteiger partial charge in [0.1, 0.15) is 18.2 Å². The summed E-state index contributed by atoms with van der Waals surface area (Å²) in [6.07, 6.45) is 4.82. The second-order valence-electron chi connectivity index (χ2n) is 7.67. The van der Waals surface area contributed by atoms with Gasteiger partial charge in [-0.25, -0.2) is 13.8 Å². The predicted octanol–water partition coefficient (Wildman–Crippen LogP) is 2.48. The molecule has 10 nitrogen and oxygen atoms in total. The van der Waals surface area contributed by atoms with E-state index >= 15 is 0 Å². The van der Waals surface area contributed by atoms with E-state index in [1.165, 1.54) is 17.9 Å². The van der Waals surface area contributed by atoms with Crippen molar-refractivity contribution in [3.8, 4) is 5.75 Å². The molecule has 1 amide bonds. The zero-order valence-corrected chi connectivity index (χ0v) is 18.8. The number of anilines is 3. The van der Waals surface area contributed by atoms with Crippen molar-refractivity contribution in [2.45, 2.75) is 20.0 Å². The van der Waals surface area contributed by atoms with Crippen molar-refractivity contribution in [2.24, 2.45) is 0 Å². The van der Waals surface area contributed by atoms with E-state index in [-0.39, 0.29) is 36.3 Å². The Balaban J connectivity index is 1.40. The Morgan fingerprint density at radius 3 is 2.79 bits per heavy atom. The Labute approximate surface area is 194 Å². The highest BCUT2D eigenvalue weighted by Gasteiger charge is 2.18. The minimum Gasteiger partial charge on any atom is -0.494 e. The van der Waals surface area contributed by atoms with Crippen molar-refractivity contribution < 1.29 is 23.0 Å². The van der Waals surface area contributed by atoms with Crippen LogP contribution in [-0.2, 0) is 22.6 Å². The number of aromatic nitrogens is 4. The Bertz CT molecular complexity index is 1170. The van der Waals surface area contributed by atoms with Crippen molar-refractivity contribution in [1.82, 2.24) is 24.6 Å². The highest BCUT2D eigenvalue weighted by molar-refractivity contribution is 5.76. The van der Waals surface area contributed by atoms with E-state index in [4.69, 9.17) is 9.47 Å². The number of halogens is 2. The number of aryl methyl sites for hydroxylation is 1. The summed E-state index contributed by atoms with van der Waals surface area (Å²) >= 11 is 0. The normalized spacial score (nSPS) is 13.6. The van der Waals surface area contributed by atoms with Gasteiger partial charge in [0.05, 0.1) is 32.2 Å². The SMILES string of the molecule is COc1ccc(F)c(CNc2nc(Nc3cnn(CC(=O)N4CCOCC4)c3)ncc2C)c1F. The van der Waals surface area contributed by atoms with E-state index in [9.17, 15) is 13.6 Å². The maximum absolute atomic E-state index is 14.4. The molecule has 0 bridgehead atoms. The lowest BCUT2D eigenvalue weighted by Crippen LogP contribution is -2.42. The molecule has 0 aliphatic carbocycles. The number of rotatable bonds is 8. The van der Waals surface area contributed by atoms with Crippen LogP contribution in [0, 0.1) is 18.6 Å². The van der Waals surface area contributed by atoms with E-state index in [1.54, 1.807) is 30.4 Å². The molecule has 2 aromatic heterocycles. The third-order valence-corrected chi connectivity index (χ3v) is 5.33. The Hall–Kier alpha value is -3.80. The third-order valence-electron chi connectivity index (χ3n) is 5.33. The largest absolute Gasteiger partial charge is 0.494 e. The quantitative estimate of drug-likeness (QED) is 0.514. The van der Waals surface area contributed by atoms with E-state index < -0.39 is 11.6 Å². The molecule has 0 unspecified atom stereocenters. The number of nitrogens with zero attached hydrogens (tertiary/aromatic N) is 5. The average molecular weight is 473 g/mol. The van der Waals surface area contributed by atoms with Crippen LogP contribution in [0.25, 0.3) is 0 Å². The van der Waals surface area contributed by atoms with Gasteiger partial charge >= 0.3 is 0 Å². The summed E-state index contributed by atoms with van der Waals surface area (Å²) in [5.74, 6) is -0.848. The molecule has 1 aromatic carbocycles. The number of carbonyl (C=O) groups excluding carboxylic acids is 1. The van der Waals surface area contributed by atoms with Gasteiger partial charge in [0.15, 0.2) is 11.6 Å². The van der Waals surface area contributed by atoms with E-state index in [0.717, 1.165) is 6.07 Å². The van der Waals surface area contributed by atoms with Crippen molar-refractivity contribution in [2.75, 3.05) is 44.0 Å². The fourth-order valence-electron chi connectivity index (χ4n) is 3.44. The van der Waals surface area contributed by atoms with Gasteiger partial charge in [-0.2, -0.15) is 10.1 Å². The summed E-state index contributed by atoms with van der Waals surface area (Å²) < 4.78 is 40.3. The Morgan fingerprint density at radius 2 is 2.03 bits per heavy atom. The topological polar surface area (TPSA) is 106 Å². The zero-order chi connectivity index (χ0) is 24.1. The van der Waals surface area contributed by atoms with Crippen LogP contribution >= 0.6 is 0 Å². The molecule has 4 rings (SSSR count). The zero-order valence-electron chi connectivity index (χ0n) is 18.8. The molecule has 1 aliphatic heterocycles. The molecule has 3 aromatic rings. The highest BCUT2D eigenvalue weighted by Crippen LogP contribution is 2.24. The Morgan fingerprint density at radius 1 is 1.24 bits per heavy atom. The maximum atomic E-state index is 14.4. The van der Waals surface area contributed by atoms with Gasteiger partial charge in [-0.05, 0) is 19.1 Å². The van der Waals surface area contributed by atoms with E-state index in [1.807, 2.05) is 0 Å². The molecular weight excluding hydrogens is 448 g/mol. The number of methoxy groups -OCH3 is 1. The first-order chi connectivity index (χ1) is 16.4. The summed E-state index contributed by atoms with van der Waals surface area (Å²) in [5, 5.41) is 10.2. The molecule has 0 atom stereocenters. The number of ether oxygens (including phenoxy) is 2. The number of amides is 1. The van der Waals surface area contributed by atoms with E-state index in [2.05, 4.69) is 25.7 Å². The van der Waals surface area contributed by atoms with Crippen LogP contribution in [0.15, 0.2) is 30.7 Å². The number of morpholine rings is 1. The van der Waals surface area contributed by atoms with Gasteiger partial charge < -0.3 is 25.0 Å². The van der Waals surface area contributed by atoms with Crippen LogP contribution in [0.5, 0.6) is 5.75 Å². The second kappa shape index (κ2) is 10.4. The number of hydrogen-bond acceptors (Lipinski definition) is 8. The predicted molar refractivity (Wildman–Crippen MR) is 120 cm³/mol. The van der Waals surface area contributed by atoms with Gasteiger partial charge in [-0.1, -0.05) is 0 Å². The molecule has 1 aliphatic rings. The molecule has 180 valence electrons. The van der Waals surface area contributed by atoms with Crippen LogP contribution in [0.2, 0.25) is 0 Å². The first-order valence-electron chi connectivity index (χ1n) is 10.7. The summed E-state index contributed by atoms with van der Waals surface area (Å²) in [6.45, 7) is 3.98. The third kappa shape index (κ3) is 5.39. The van der Waals surface area contributed by atoms with Gasteiger partial charge in [-0.3, -0.25) is 9.48 Å². The minimum absolute atomic E-state index is 0.0342.